The Kier molecular flexibility index (Phi) is 5.14. The third kappa shape index (κ3) is 4.18. The van der Waals surface area contributed by atoms with Crippen LogP contribution in [0.3, 0.4) is 0 Å². The van der Waals surface area contributed by atoms with Crippen LogP contribution in [-0.2, 0) is 9.53 Å². The first-order valence-electron chi connectivity index (χ1n) is 8.62. The zero-order valence-electron chi connectivity index (χ0n) is 13.2. The van der Waals surface area contributed by atoms with Gasteiger partial charge in [0.15, 0.2) is 0 Å². The summed E-state index contributed by atoms with van der Waals surface area (Å²) in [7, 11) is 0. The van der Waals surface area contributed by atoms with Crippen molar-refractivity contribution in [2.24, 2.45) is 5.92 Å². The summed E-state index contributed by atoms with van der Waals surface area (Å²) < 4.78 is 5.69. The van der Waals surface area contributed by atoms with Gasteiger partial charge in [0, 0.05) is 32.2 Å². The van der Waals surface area contributed by atoms with E-state index in [0.29, 0.717) is 12.6 Å². The number of nitrogens with zero attached hydrogens (tertiary/aromatic N) is 2. The fourth-order valence-corrected chi connectivity index (χ4v) is 3.30. The highest BCUT2D eigenvalue weighted by Crippen LogP contribution is 2.28. The molecule has 1 unspecified atom stereocenters. The second kappa shape index (κ2) is 7.07. The topological polar surface area (TPSA) is 44.8 Å². The molecule has 21 heavy (non-hydrogen) atoms. The second-order valence-corrected chi connectivity index (χ2v) is 6.70. The van der Waals surface area contributed by atoms with Crippen LogP contribution in [0.15, 0.2) is 0 Å². The van der Waals surface area contributed by atoms with E-state index in [2.05, 4.69) is 17.1 Å². The molecule has 5 heteroatoms. The Balaban J connectivity index is 1.41. The van der Waals surface area contributed by atoms with Gasteiger partial charge in [0.1, 0.15) is 6.10 Å². The Bertz CT molecular complexity index is 351. The molecule has 1 amide bonds. The molecule has 3 fully saturated rings. The number of hydrogen-bond acceptors (Lipinski definition) is 4. The van der Waals surface area contributed by atoms with E-state index in [1.807, 2.05) is 4.90 Å². The van der Waals surface area contributed by atoms with Gasteiger partial charge in [-0.2, -0.15) is 0 Å². The number of hydrogen-bond donors (Lipinski definition) is 1. The first-order valence-corrected chi connectivity index (χ1v) is 8.62. The van der Waals surface area contributed by atoms with Crippen molar-refractivity contribution in [3.63, 3.8) is 0 Å². The summed E-state index contributed by atoms with van der Waals surface area (Å²) in [6.07, 6.45) is 4.73. The predicted molar refractivity (Wildman–Crippen MR) is 82.2 cm³/mol. The number of likely N-dealkylation sites (N-methyl/N-ethyl adjacent to an activating group) is 1. The van der Waals surface area contributed by atoms with Gasteiger partial charge >= 0.3 is 0 Å². The molecule has 1 aliphatic carbocycles. The fraction of sp³-hybridized carbons (Fsp3) is 0.938. The fourth-order valence-electron chi connectivity index (χ4n) is 3.30. The van der Waals surface area contributed by atoms with Crippen LogP contribution in [0.2, 0.25) is 0 Å². The van der Waals surface area contributed by atoms with E-state index in [1.54, 1.807) is 0 Å². The van der Waals surface area contributed by atoms with Crippen LogP contribution in [0.4, 0.5) is 0 Å². The van der Waals surface area contributed by atoms with Gasteiger partial charge in [-0.1, -0.05) is 6.92 Å². The molecule has 1 N–H and O–H groups in total. The van der Waals surface area contributed by atoms with E-state index in [-0.39, 0.29) is 12.0 Å². The van der Waals surface area contributed by atoms with Crippen LogP contribution in [0, 0.1) is 5.92 Å². The Morgan fingerprint density at radius 1 is 1.19 bits per heavy atom. The minimum atomic E-state index is -0.241. The van der Waals surface area contributed by atoms with Crippen molar-refractivity contribution < 1.29 is 9.53 Å². The molecule has 0 aromatic heterocycles. The van der Waals surface area contributed by atoms with Crippen molar-refractivity contribution in [2.45, 2.75) is 44.8 Å². The highest BCUT2D eigenvalue weighted by atomic mass is 16.5. The number of piperidine rings is 1. The molecule has 0 bridgehead atoms. The number of morpholine rings is 1. The molecule has 0 aromatic carbocycles. The van der Waals surface area contributed by atoms with Crippen molar-refractivity contribution >= 4 is 5.91 Å². The van der Waals surface area contributed by atoms with Gasteiger partial charge in [0.25, 0.3) is 5.91 Å². The summed E-state index contributed by atoms with van der Waals surface area (Å²) in [4.78, 5) is 16.9. The zero-order chi connectivity index (χ0) is 14.7. The molecule has 120 valence electrons. The predicted octanol–water partition coefficient (Wildman–Crippen LogP) is 0.698. The van der Waals surface area contributed by atoms with E-state index in [9.17, 15) is 4.79 Å². The molecule has 5 nitrogen and oxygen atoms in total. The lowest BCUT2D eigenvalue weighted by molar-refractivity contribution is -0.150. The maximum absolute atomic E-state index is 12.6. The molecule has 0 spiro atoms. The minimum Gasteiger partial charge on any atom is -0.366 e. The Hall–Kier alpha value is -0.650. The van der Waals surface area contributed by atoms with Crippen LogP contribution in [0.1, 0.15) is 32.6 Å². The molecule has 2 saturated heterocycles. The van der Waals surface area contributed by atoms with Gasteiger partial charge in [0.05, 0.1) is 6.61 Å². The number of rotatable bonds is 5. The van der Waals surface area contributed by atoms with Gasteiger partial charge < -0.3 is 15.0 Å². The quantitative estimate of drug-likeness (QED) is 0.811. The van der Waals surface area contributed by atoms with Crippen molar-refractivity contribution in [1.82, 2.24) is 15.1 Å². The van der Waals surface area contributed by atoms with E-state index in [1.165, 1.54) is 19.4 Å². The highest BCUT2D eigenvalue weighted by molar-refractivity contribution is 5.81. The van der Waals surface area contributed by atoms with Gasteiger partial charge in [-0.25, -0.2) is 0 Å². The largest absolute Gasteiger partial charge is 0.366 e. The number of likely N-dealkylation sites (tertiary alicyclic amines) is 1. The lowest BCUT2D eigenvalue weighted by Crippen LogP contribution is -2.53. The minimum absolute atomic E-state index is 0.203. The normalized spacial score (nSPS) is 28.8. The first kappa shape index (κ1) is 15.3. The first-order chi connectivity index (χ1) is 10.3. The molecule has 1 saturated carbocycles. The van der Waals surface area contributed by atoms with Crippen LogP contribution in [0.25, 0.3) is 0 Å². The molecule has 0 aromatic rings. The Morgan fingerprint density at radius 3 is 2.62 bits per heavy atom. The average molecular weight is 295 g/mol. The molecule has 2 aliphatic heterocycles. The molecule has 3 rings (SSSR count). The summed E-state index contributed by atoms with van der Waals surface area (Å²) in [5.41, 5.74) is 0. The average Bonchev–Trinajstić information content (AvgIpc) is 3.37. The molecule has 3 aliphatic rings. The maximum Gasteiger partial charge on any atom is 0.253 e. The smallest absolute Gasteiger partial charge is 0.253 e. The van der Waals surface area contributed by atoms with Crippen molar-refractivity contribution in [3.05, 3.63) is 0 Å². The van der Waals surface area contributed by atoms with Gasteiger partial charge in [0.2, 0.25) is 0 Å². The second-order valence-electron chi connectivity index (χ2n) is 6.70. The van der Waals surface area contributed by atoms with Crippen LogP contribution in [-0.4, -0.2) is 73.7 Å². The molecular weight excluding hydrogens is 266 g/mol. The monoisotopic (exact) mass is 295 g/mol. The summed E-state index contributed by atoms with van der Waals surface area (Å²) in [6.45, 7) is 8.48. The lowest BCUT2D eigenvalue weighted by Gasteiger charge is -2.37. The zero-order valence-corrected chi connectivity index (χ0v) is 13.2. The van der Waals surface area contributed by atoms with E-state index < -0.39 is 0 Å². The summed E-state index contributed by atoms with van der Waals surface area (Å²) in [6, 6.07) is 0.606. The molecule has 2 heterocycles. The van der Waals surface area contributed by atoms with Crippen LogP contribution < -0.4 is 5.32 Å². The summed E-state index contributed by atoms with van der Waals surface area (Å²) in [5, 5.41) is 3.66. The van der Waals surface area contributed by atoms with Crippen LogP contribution >= 0.6 is 0 Å². The van der Waals surface area contributed by atoms with E-state index >= 15 is 0 Å². The summed E-state index contributed by atoms with van der Waals surface area (Å²) >= 11 is 0. The number of amides is 1. The van der Waals surface area contributed by atoms with E-state index in [0.717, 1.165) is 51.5 Å². The third-order valence-corrected chi connectivity index (χ3v) is 5.07. The third-order valence-electron chi connectivity index (χ3n) is 5.07. The number of carbonyl (C=O) groups excluding carboxylic acids is 1. The maximum atomic E-state index is 12.6. The molecule has 0 radical (unpaired) electrons. The van der Waals surface area contributed by atoms with E-state index in [4.69, 9.17) is 4.74 Å². The molecule has 1 atom stereocenters. The van der Waals surface area contributed by atoms with Gasteiger partial charge in [-0.05, 0) is 44.7 Å². The lowest BCUT2D eigenvalue weighted by atomic mass is 10.0. The SMILES string of the molecule is CCN1CCOC(C(=O)N2CCC(NCC3CC3)CC2)C1. The number of nitrogens with one attached hydrogen (secondary N) is 1. The van der Waals surface area contributed by atoms with Gasteiger partial charge in [-0.15, -0.1) is 0 Å². The number of carbonyl (C=O) groups is 1. The van der Waals surface area contributed by atoms with Crippen LogP contribution in [0.5, 0.6) is 0 Å². The van der Waals surface area contributed by atoms with Crippen molar-refractivity contribution in [3.8, 4) is 0 Å². The highest BCUT2D eigenvalue weighted by Gasteiger charge is 2.32. The Morgan fingerprint density at radius 2 is 1.95 bits per heavy atom. The Labute approximate surface area is 128 Å². The molecular formula is C16H29N3O2. The van der Waals surface area contributed by atoms with Crippen molar-refractivity contribution in [1.29, 1.82) is 0 Å². The standard InChI is InChI=1S/C16H29N3O2/c1-2-18-9-10-21-15(12-18)16(20)19-7-5-14(6-8-19)17-11-13-3-4-13/h13-15,17H,2-12H2,1H3. The van der Waals surface area contributed by atoms with Gasteiger partial charge in [-0.3, -0.25) is 9.69 Å². The van der Waals surface area contributed by atoms with Crippen molar-refractivity contribution in [2.75, 3.05) is 45.9 Å². The summed E-state index contributed by atoms with van der Waals surface area (Å²) in [5.74, 6) is 1.13. The number of ether oxygens (including phenoxy) is 1.